The van der Waals surface area contributed by atoms with E-state index in [4.69, 9.17) is 0 Å². The van der Waals surface area contributed by atoms with Crippen molar-refractivity contribution in [3.8, 4) is 0 Å². The van der Waals surface area contributed by atoms with Gasteiger partial charge in [0.15, 0.2) is 0 Å². The molecule has 2 N–H and O–H groups in total. The highest BCUT2D eigenvalue weighted by Crippen LogP contribution is 2.17. The van der Waals surface area contributed by atoms with Gasteiger partial charge in [-0.15, -0.1) is 0 Å². The van der Waals surface area contributed by atoms with Gasteiger partial charge in [-0.05, 0) is 57.3 Å². The van der Waals surface area contributed by atoms with Gasteiger partial charge in [-0.1, -0.05) is 0 Å². The summed E-state index contributed by atoms with van der Waals surface area (Å²) in [6.07, 6.45) is 4.11. The van der Waals surface area contributed by atoms with E-state index >= 15 is 0 Å². The molecule has 2 rings (SSSR count). The molecule has 0 atom stereocenters. The van der Waals surface area contributed by atoms with Crippen LogP contribution in [0.4, 0.5) is 0 Å². The Hall–Kier alpha value is -1.29. The first kappa shape index (κ1) is 14.1. The van der Waals surface area contributed by atoms with E-state index in [1.54, 1.807) is 0 Å². The maximum Gasteiger partial charge on any atom is 0.220 e. The van der Waals surface area contributed by atoms with Crippen molar-refractivity contribution in [1.82, 2.24) is 15.2 Å². The van der Waals surface area contributed by atoms with Crippen LogP contribution in [-0.4, -0.2) is 23.6 Å². The third-order valence-electron chi connectivity index (χ3n) is 4.18. The van der Waals surface area contributed by atoms with E-state index < -0.39 is 0 Å². The summed E-state index contributed by atoms with van der Waals surface area (Å²) in [5.41, 5.74) is 2.38. The average Bonchev–Trinajstić information content (AvgIpc) is 2.75. The third kappa shape index (κ3) is 4.10. The van der Waals surface area contributed by atoms with Crippen LogP contribution >= 0.6 is 0 Å². The quantitative estimate of drug-likeness (QED) is 0.850. The first-order chi connectivity index (χ1) is 9.16. The molecule has 0 unspecified atom stereocenters. The van der Waals surface area contributed by atoms with Crippen molar-refractivity contribution in [1.29, 1.82) is 0 Å². The van der Waals surface area contributed by atoms with Gasteiger partial charge in [0.1, 0.15) is 0 Å². The van der Waals surface area contributed by atoms with Gasteiger partial charge in [0.2, 0.25) is 5.91 Å². The molecule has 0 aliphatic carbocycles. The number of aryl methyl sites for hydroxylation is 1. The van der Waals surface area contributed by atoms with Gasteiger partial charge in [0.05, 0.1) is 6.54 Å². The van der Waals surface area contributed by atoms with Crippen LogP contribution in [0.2, 0.25) is 0 Å². The highest BCUT2D eigenvalue weighted by molar-refractivity contribution is 5.75. The number of nitrogens with one attached hydrogen (secondary N) is 2. The van der Waals surface area contributed by atoms with Crippen molar-refractivity contribution in [3.05, 3.63) is 23.5 Å². The van der Waals surface area contributed by atoms with Gasteiger partial charge >= 0.3 is 0 Å². The molecule has 1 aliphatic heterocycles. The molecule has 1 aromatic rings. The van der Waals surface area contributed by atoms with Crippen molar-refractivity contribution in [2.75, 3.05) is 13.1 Å². The molecule has 1 aromatic heterocycles. The number of carbonyl (C=O) groups is 1. The number of amides is 1. The number of piperidine rings is 1. The monoisotopic (exact) mass is 263 g/mol. The van der Waals surface area contributed by atoms with Gasteiger partial charge in [0.25, 0.3) is 0 Å². The Kier molecular flexibility index (Phi) is 5.02. The summed E-state index contributed by atoms with van der Waals surface area (Å²) in [5, 5.41) is 6.37. The zero-order valence-electron chi connectivity index (χ0n) is 12.0. The van der Waals surface area contributed by atoms with Crippen molar-refractivity contribution in [2.45, 2.75) is 39.2 Å². The molecule has 1 fully saturated rings. The molecule has 0 spiro atoms. The zero-order chi connectivity index (χ0) is 13.7. The summed E-state index contributed by atoms with van der Waals surface area (Å²) in [7, 11) is 2.03. The Morgan fingerprint density at radius 1 is 1.42 bits per heavy atom. The van der Waals surface area contributed by atoms with E-state index in [1.807, 2.05) is 7.05 Å². The summed E-state index contributed by atoms with van der Waals surface area (Å²) in [4.78, 5) is 11.8. The number of rotatable bonds is 5. The fourth-order valence-corrected chi connectivity index (χ4v) is 2.63. The lowest BCUT2D eigenvalue weighted by atomic mass is 9.93. The maximum atomic E-state index is 11.8. The number of nitrogens with zero attached hydrogens (tertiary/aromatic N) is 1. The highest BCUT2D eigenvalue weighted by Gasteiger charge is 2.14. The minimum Gasteiger partial charge on any atom is -0.351 e. The number of carbonyl (C=O) groups excluding carboxylic acids is 1. The predicted molar refractivity (Wildman–Crippen MR) is 76.8 cm³/mol. The topological polar surface area (TPSA) is 46.1 Å². The molecule has 2 heterocycles. The molecular formula is C15H25N3O. The lowest BCUT2D eigenvalue weighted by Gasteiger charge is -2.22. The number of hydrogen-bond acceptors (Lipinski definition) is 2. The second-order valence-electron chi connectivity index (χ2n) is 5.53. The Bertz CT molecular complexity index is 419. The SMILES string of the molecule is Cc1ccc(CNC(=O)CCC2CCNCC2)n1C. The van der Waals surface area contributed by atoms with Crippen LogP contribution in [0.1, 0.15) is 37.1 Å². The zero-order valence-corrected chi connectivity index (χ0v) is 12.0. The third-order valence-corrected chi connectivity index (χ3v) is 4.18. The minimum atomic E-state index is 0.178. The van der Waals surface area contributed by atoms with Crippen LogP contribution in [0.15, 0.2) is 12.1 Å². The first-order valence-electron chi connectivity index (χ1n) is 7.25. The lowest BCUT2D eigenvalue weighted by Crippen LogP contribution is -2.29. The van der Waals surface area contributed by atoms with Crippen LogP contribution in [0.5, 0.6) is 0 Å². The molecule has 1 amide bonds. The van der Waals surface area contributed by atoms with Crippen LogP contribution in [0.3, 0.4) is 0 Å². The molecule has 0 aromatic carbocycles. The number of aromatic nitrogens is 1. The second-order valence-corrected chi connectivity index (χ2v) is 5.53. The fourth-order valence-electron chi connectivity index (χ4n) is 2.63. The average molecular weight is 263 g/mol. The summed E-state index contributed by atoms with van der Waals surface area (Å²) in [6, 6.07) is 4.15. The Morgan fingerprint density at radius 2 is 2.16 bits per heavy atom. The van der Waals surface area contributed by atoms with Crippen molar-refractivity contribution < 1.29 is 4.79 Å². The fraction of sp³-hybridized carbons (Fsp3) is 0.667. The summed E-state index contributed by atoms with van der Waals surface area (Å²) in [5.74, 6) is 0.904. The van der Waals surface area contributed by atoms with E-state index in [0.29, 0.717) is 13.0 Å². The lowest BCUT2D eigenvalue weighted by molar-refractivity contribution is -0.121. The standard InChI is InChI=1S/C15H25N3O/c1-12-3-5-14(18(12)2)11-17-15(19)6-4-13-7-9-16-10-8-13/h3,5,13,16H,4,6-11H2,1-2H3,(H,17,19). The molecule has 19 heavy (non-hydrogen) atoms. The van der Waals surface area contributed by atoms with Crippen molar-refractivity contribution >= 4 is 5.91 Å². The predicted octanol–water partition coefficient (Wildman–Crippen LogP) is 1.73. The second kappa shape index (κ2) is 6.75. The Morgan fingerprint density at radius 3 is 2.79 bits per heavy atom. The molecular weight excluding hydrogens is 238 g/mol. The van der Waals surface area contributed by atoms with Crippen LogP contribution in [0, 0.1) is 12.8 Å². The largest absolute Gasteiger partial charge is 0.351 e. The van der Waals surface area contributed by atoms with Gasteiger partial charge in [-0.2, -0.15) is 0 Å². The van der Waals surface area contributed by atoms with E-state index in [0.717, 1.165) is 31.1 Å². The molecule has 0 saturated carbocycles. The van der Waals surface area contributed by atoms with Crippen LogP contribution in [-0.2, 0) is 18.4 Å². The highest BCUT2D eigenvalue weighted by atomic mass is 16.1. The van der Waals surface area contributed by atoms with Gasteiger partial charge in [0, 0.05) is 24.9 Å². The first-order valence-corrected chi connectivity index (χ1v) is 7.25. The molecule has 0 bridgehead atoms. The summed E-state index contributed by atoms with van der Waals surface area (Å²) >= 11 is 0. The Labute approximate surface area is 115 Å². The minimum absolute atomic E-state index is 0.178. The maximum absolute atomic E-state index is 11.8. The van der Waals surface area contributed by atoms with Crippen LogP contribution in [0.25, 0.3) is 0 Å². The van der Waals surface area contributed by atoms with E-state index in [9.17, 15) is 4.79 Å². The molecule has 1 saturated heterocycles. The molecule has 1 aliphatic rings. The summed E-state index contributed by atoms with van der Waals surface area (Å²) in [6.45, 7) is 4.92. The van der Waals surface area contributed by atoms with Gasteiger partial charge < -0.3 is 15.2 Å². The summed E-state index contributed by atoms with van der Waals surface area (Å²) < 4.78 is 2.12. The molecule has 106 valence electrons. The molecule has 4 heteroatoms. The number of hydrogen-bond donors (Lipinski definition) is 2. The van der Waals surface area contributed by atoms with Gasteiger partial charge in [-0.25, -0.2) is 0 Å². The van der Waals surface area contributed by atoms with E-state index in [-0.39, 0.29) is 5.91 Å². The normalized spacial score (nSPS) is 16.5. The van der Waals surface area contributed by atoms with E-state index in [2.05, 4.69) is 34.3 Å². The van der Waals surface area contributed by atoms with Crippen molar-refractivity contribution in [2.24, 2.45) is 13.0 Å². The molecule has 4 nitrogen and oxygen atoms in total. The van der Waals surface area contributed by atoms with Crippen molar-refractivity contribution in [3.63, 3.8) is 0 Å². The van der Waals surface area contributed by atoms with E-state index in [1.165, 1.54) is 18.5 Å². The molecule has 0 radical (unpaired) electrons. The van der Waals surface area contributed by atoms with Crippen LogP contribution < -0.4 is 10.6 Å². The smallest absolute Gasteiger partial charge is 0.220 e. The Balaban J connectivity index is 1.68. The van der Waals surface area contributed by atoms with Gasteiger partial charge in [-0.3, -0.25) is 4.79 Å².